The minimum absolute atomic E-state index is 0.0884. The van der Waals surface area contributed by atoms with Gasteiger partial charge in [0.25, 0.3) is 5.91 Å². The van der Waals surface area contributed by atoms with Crippen molar-refractivity contribution in [2.75, 3.05) is 5.32 Å². The van der Waals surface area contributed by atoms with Gasteiger partial charge in [0.15, 0.2) is 10.6 Å². The molecule has 4 nitrogen and oxygen atoms in total. The summed E-state index contributed by atoms with van der Waals surface area (Å²) in [4.78, 5) is 10.3. The number of benzene rings is 2. The van der Waals surface area contributed by atoms with E-state index >= 15 is 0 Å². The average molecular weight is 434 g/mol. The molecule has 0 unspecified atom stereocenters. The fourth-order valence-electron chi connectivity index (χ4n) is 2.25. The second-order valence-corrected chi connectivity index (χ2v) is 7.07. The number of halogens is 5. The third kappa shape index (κ3) is 3.96. The van der Waals surface area contributed by atoms with Gasteiger partial charge in [0.2, 0.25) is 0 Å². The lowest BCUT2D eigenvalue weighted by atomic mass is 10.1. The monoisotopic (exact) mass is 432 g/mol. The second-order valence-electron chi connectivity index (χ2n) is 5.16. The van der Waals surface area contributed by atoms with Crippen molar-refractivity contribution in [1.82, 2.24) is 5.16 Å². The smallest absolute Gasteiger partial charge is 0.257 e. The molecule has 0 aliphatic heterocycles. The van der Waals surface area contributed by atoms with Gasteiger partial charge < -0.3 is 9.84 Å². The van der Waals surface area contributed by atoms with Gasteiger partial charge in [0.1, 0.15) is 11.5 Å². The van der Waals surface area contributed by atoms with E-state index in [9.17, 15) is 9.18 Å². The first-order valence-corrected chi connectivity index (χ1v) is 8.79. The van der Waals surface area contributed by atoms with Crippen LogP contribution >= 0.6 is 46.4 Å². The van der Waals surface area contributed by atoms with E-state index in [-0.39, 0.29) is 11.3 Å². The summed E-state index contributed by atoms with van der Waals surface area (Å²) in [7, 11) is 0. The van der Waals surface area contributed by atoms with Crippen molar-refractivity contribution in [2.24, 2.45) is 0 Å². The third-order valence-corrected chi connectivity index (χ3v) is 4.45. The first-order chi connectivity index (χ1) is 12.4. The fraction of sp³-hybridized carbons (Fsp3) is 0.0588. The van der Waals surface area contributed by atoms with Crippen LogP contribution in [0.1, 0.15) is 0 Å². The zero-order valence-electron chi connectivity index (χ0n) is 12.8. The fourth-order valence-corrected chi connectivity index (χ4v) is 2.95. The van der Waals surface area contributed by atoms with Crippen LogP contribution in [0.15, 0.2) is 47.0 Å². The van der Waals surface area contributed by atoms with Gasteiger partial charge in [0.05, 0.1) is 15.6 Å². The molecule has 3 aromatic rings. The predicted molar refractivity (Wildman–Crippen MR) is 101 cm³/mol. The molecule has 2 aromatic carbocycles. The van der Waals surface area contributed by atoms with Crippen LogP contribution in [0.4, 0.5) is 10.1 Å². The van der Waals surface area contributed by atoms with Gasteiger partial charge in [-0.05, 0) is 30.3 Å². The highest BCUT2D eigenvalue weighted by molar-refractivity contribution is 6.54. The van der Waals surface area contributed by atoms with Crippen LogP contribution < -0.4 is 5.32 Å². The molecule has 0 aliphatic carbocycles. The molecule has 1 amide bonds. The Kier molecular flexibility index (Phi) is 5.73. The topological polar surface area (TPSA) is 55.1 Å². The van der Waals surface area contributed by atoms with Gasteiger partial charge in [-0.15, -0.1) is 0 Å². The number of hydrogen-bond acceptors (Lipinski definition) is 3. The molecule has 134 valence electrons. The van der Waals surface area contributed by atoms with Crippen molar-refractivity contribution in [3.05, 3.63) is 58.3 Å². The Hall–Kier alpha value is -1.79. The molecule has 0 fully saturated rings. The van der Waals surface area contributed by atoms with Gasteiger partial charge in [-0.3, -0.25) is 4.79 Å². The first kappa shape index (κ1) is 19.0. The van der Waals surface area contributed by atoms with E-state index in [2.05, 4.69) is 10.5 Å². The van der Waals surface area contributed by atoms with Crippen LogP contribution in [-0.2, 0) is 4.79 Å². The number of carbonyl (C=O) groups excluding carboxylic acids is 1. The van der Waals surface area contributed by atoms with E-state index in [0.29, 0.717) is 27.0 Å². The van der Waals surface area contributed by atoms with Crippen molar-refractivity contribution < 1.29 is 13.7 Å². The van der Waals surface area contributed by atoms with Gasteiger partial charge in [-0.1, -0.05) is 57.6 Å². The molecule has 0 saturated carbocycles. The summed E-state index contributed by atoms with van der Waals surface area (Å²) in [5, 5.41) is 7.13. The molecule has 0 spiro atoms. The molecule has 3 rings (SSSR count). The molecule has 0 bridgehead atoms. The van der Waals surface area contributed by atoms with Gasteiger partial charge in [-0.25, -0.2) is 4.39 Å². The first-order valence-electron chi connectivity index (χ1n) is 7.17. The zero-order chi connectivity index (χ0) is 18.8. The van der Waals surface area contributed by atoms with Crippen LogP contribution in [0.25, 0.3) is 22.6 Å². The summed E-state index contributed by atoms with van der Waals surface area (Å²) in [6.45, 7) is 0. The number of carbonyl (C=O) groups is 1. The molecular formula is C17H9Cl4FN2O2. The molecular weight excluding hydrogens is 425 g/mol. The number of alkyl halides is 2. The number of aromatic nitrogens is 1. The number of nitrogens with zero attached hydrogens (tertiary/aromatic N) is 1. The quantitative estimate of drug-likeness (QED) is 0.498. The van der Waals surface area contributed by atoms with Crippen LogP contribution in [0.5, 0.6) is 0 Å². The summed E-state index contributed by atoms with van der Waals surface area (Å²) < 4.78 is 19.4. The Morgan fingerprint density at radius 3 is 2.46 bits per heavy atom. The van der Waals surface area contributed by atoms with Crippen LogP contribution in [-0.4, -0.2) is 15.9 Å². The zero-order valence-corrected chi connectivity index (χ0v) is 15.8. The van der Waals surface area contributed by atoms with Crippen molar-refractivity contribution in [3.63, 3.8) is 0 Å². The van der Waals surface area contributed by atoms with Crippen molar-refractivity contribution in [2.45, 2.75) is 4.84 Å². The van der Waals surface area contributed by atoms with E-state index < -0.39 is 16.6 Å². The molecule has 0 radical (unpaired) electrons. The molecule has 1 N–H and O–H groups in total. The molecule has 1 aromatic heterocycles. The lowest BCUT2D eigenvalue weighted by molar-refractivity contribution is -0.114. The van der Waals surface area contributed by atoms with E-state index in [4.69, 9.17) is 50.9 Å². The van der Waals surface area contributed by atoms with Crippen molar-refractivity contribution >= 4 is 58.0 Å². The van der Waals surface area contributed by atoms with E-state index in [0.717, 1.165) is 0 Å². The standard InChI is InChI=1S/C17H9Cl4FN2O2/c18-10-2-1-3-11(19)15(10)13-7-14(26-24-13)9-6-8(4-5-12(9)22)23-17(25)16(20)21/h1-7,16H,(H,23,25). The van der Waals surface area contributed by atoms with Gasteiger partial charge in [-0.2, -0.15) is 0 Å². The van der Waals surface area contributed by atoms with Crippen LogP contribution in [0.2, 0.25) is 10.0 Å². The lowest BCUT2D eigenvalue weighted by Crippen LogP contribution is -2.18. The molecule has 26 heavy (non-hydrogen) atoms. The average Bonchev–Trinajstić information content (AvgIpc) is 3.05. The number of hydrogen-bond donors (Lipinski definition) is 1. The largest absolute Gasteiger partial charge is 0.356 e. The summed E-state index contributed by atoms with van der Waals surface area (Å²) in [6, 6.07) is 10.4. The highest BCUT2D eigenvalue weighted by Gasteiger charge is 2.18. The Morgan fingerprint density at radius 1 is 1.12 bits per heavy atom. The van der Waals surface area contributed by atoms with Gasteiger partial charge in [0, 0.05) is 17.3 Å². The van der Waals surface area contributed by atoms with E-state index in [1.165, 1.54) is 24.3 Å². The van der Waals surface area contributed by atoms with E-state index in [1.807, 2.05) is 0 Å². The molecule has 0 aliphatic rings. The number of rotatable bonds is 4. The summed E-state index contributed by atoms with van der Waals surface area (Å²) in [5.41, 5.74) is 1.21. The molecule has 0 atom stereocenters. The Morgan fingerprint density at radius 2 is 1.81 bits per heavy atom. The number of nitrogens with one attached hydrogen (secondary N) is 1. The lowest BCUT2D eigenvalue weighted by Gasteiger charge is -2.07. The molecule has 9 heteroatoms. The van der Waals surface area contributed by atoms with Crippen molar-refractivity contribution in [3.8, 4) is 22.6 Å². The summed E-state index contributed by atoms with van der Waals surface area (Å²) >= 11 is 23.3. The van der Waals surface area contributed by atoms with Gasteiger partial charge >= 0.3 is 0 Å². The van der Waals surface area contributed by atoms with Crippen LogP contribution in [0.3, 0.4) is 0 Å². The Bertz CT molecular complexity index is 955. The maximum Gasteiger partial charge on any atom is 0.257 e. The van der Waals surface area contributed by atoms with Crippen LogP contribution in [0, 0.1) is 5.82 Å². The molecule has 0 saturated heterocycles. The third-order valence-electron chi connectivity index (χ3n) is 3.43. The normalized spacial score (nSPS) is 11.0. The number of anilines is 1. The highest BCUT2D eigenvalue weighted by atomic mass is 35.5. The Balaban J connectivity index is 1.98. The summed E-state index contributed by atoms with van der Waals surface area (Å²) in [6.07, 6.45) is 0. The van der Waals surface area contributed by atoms with Crippen molar-refractivity contribution in [1.29, 1.82) is 0 Å². The predicted octanol–water partition coefficient (Wildman–Crippen LogP) is 6.20. The maximum atomic E-state index is 14.2. The summed E-state index contributed by atoms with van der Waals surface area (Å²) in [5.74, 6) is -1.06. The highest BCUT2D eigenvalue weighted by Crippen LogP contribution is 2.36. The maximum absolute atomic E-state index is 14.2. The minimum atomic E-state index is -1.25. The SMILES string of the molecule is O=C(Nc1ccc(F)c(-c2cc(-c3c(Cl)cccc3Cl)no2)c1)C(Cl)Cl. The molecule has 1 heterocycles. The minimum Gasteiger partial charge on any atom is -0.356 e. The second kappa shape index (κ2) is 7.84. The Labute approximate surface area is 167 Å². The number of amides is 1. The van der Waals surface area contributed by atoms with E-state index in [1.54, 1.807) is 18.2 Å².